The molecule has 3 aromatic rings. The summed E-state index contributed by atoms with van der Waals surface area (Å²) in [6.07, 6.45) is 8.56. The molecule has 32 heavy (non-hydrogen) atoms. The minimum Gasteiger partial charge on any atom is -0.476 e. The first-order chi connectivity index (χ1) is 15.3. The second kappa shape index (κ2) is 9.36. The fourth-order valence-electron chi connectivity index (χ4n) is 3.84. The van der Waals surface area contributed by atoms with E-state index >= 15 is 0 Å². The highest BCUT2D eigenvalue weighted by Crippen LogP contribution is 2.35. The summed E-state index contributed by atoms with van der Waals surface area (Å²) in [5, 5.41) is 4.08. The lowest BCUT2D eigenvalue weighted by molar-refractivity contribution is 0.184. The normalized spacial score (nSPS) is 19.2. The fourth-order valence-corrected chi connectivity index (χ4v) is 4.47. The number of benzene rings is 1. The third-order valence-electron chi connectivity index (χ3n) is 5.84. The molecule has 1 saturated carbocycles. The Morgan fingerprint density at radius 2 is 1.78 bits per heavy atom. The van der Waals surface area contributed by atoms with Gasteiger partial charge in [-0.25, -0.2) is 18.4 Å². The molecule has 0 amide bonds. The number of rotatable bonds is 7. The van der Waals surface area contributed by atoms with Crippen molar-refractivity contribution in [2.45, 2.75) is 56.3 Å². The largest absolute Gasteiger partial charge is 0.476 e. The predicted octanol–water partition coefficient (Wildman–Crippen LogP) is 4.41. The molecule has 4 rings (SSSR count). The van der Waals surface area contributed by atoms with Crippen LogP contribution in [0.25, 0.3) is 11.3 Å². The first-order valence-corrected chi connectivity index (χ1v) is 12.8. The number of aromatic nitrogens is 4. The Morgan fingerprint density at radius 3 is 2.34 bits per heavy atom. The van der Waals surface area contributed by atoms with E-state index in [1.807, 2.05) is 0 Å². The summed E-state index contributed by atoms with van der Waals surface area (Å²) in [5.74, 6) is 3.10. The van der Waals surface area contributed by atoms with E-state index in [0.29, 0.717) is 30.0 Å². The van der Waals surface area contributed by atoms with E-state index in [0.717, 1.165) is 43.0 Å². The number of hydrogen-bond donors (Lipinski definition) is 0. The third kappa shape index (κ3) is 5.32. The molecule has 1 aromatic carbocycles. The molecule has 0 spiro atoms. The molecule has 2 aromatic heterocycles. The van der Waals surface area contributed by atoms with Gasteiger partial charge in [0.2, 0.25) is 11.8 Å². The first kappa shape index (κ1) is 22.4. The van der Waals surface area contributed by atoms with Gasteiger partial charge in [0.15, 0.2) is 15.7 Å². The highest BCUT2D eigenvalue weighted by Gasteiger charge is 2.27. The van der Waals surface area contributed by atoms with Gasteiger partial charge in [-0.15, -0.1) is 0 Å². The van der Waals surface area contributed by atoms with E-state index < -0.39 is 9.84 Å². The van der Waals surface area contributed by atoms with E-state index in [1.54, 1.807) is 36.7 Å². The van der Waals surface area contributed by atoms with E-state index in [1.165, 1.54) is 6.26 Å². The fraction of sp³-hybridized carbons (Fsp3) is 0.478. The molecule has 170 valence electrons. The molecule has 0 unspecified atom stereocenters. The Bertz CT molecular complexity index is 1130. The average Bonchev–Trinajstić information content (AvgIpc) is 3.29. The Balaban J connectivity index is 1.27. The molecule has 1 fully saturated rings. The van der Waals surface area contributed by atoms with Crippen LogP contribution in [-0.2, 0) is 9.84 Å². The predicted molar refractivity (Wildman–Crippen MR) is 119 cm³/mol. The zero-order chi connectivity index (χ0) is 22.7. The minimum absolute atomic E-state index is 0.275. The van der Waals surface area contributed by atoms with Crippen LogP contribution in [0.5, 0.6) is 5.88 Å². The second-order valence-electron chi connectivity index (χ2n) is 8.71. The molecule has 1 aliphatic carbocycles. The third-order valence-corrected chi connectivity index (χ3v) is 6.97. The SMILES string of the molecule is CC(C)c1noc(C2CCC(COc3cnc(-c4ccc(S(C)(=O)=O)cc4)cn3)CC2)n1. The van der Waals surface area contributed by atoms with Crippen LogP contribution >= 0.6 is 0 Å². The smallest absolute Gasteiger partial charge is 0.232 e. The van der Waals surface area contributed by atoms with Crippen LogP contribution in [-0.4, -0.2) is 41.4 Å². The molecular weight excluding hydrogens is 428 g/mol. The van der Waals surface area contributed by atoms with Crippen LogP contribution in [0, 0.1) is 5.92 Å². The summed E-state index contributed by atoms with van der Waals surface area (Å²) in [4.78, 5) is 13.6. The minimum atomic E-state index is -3.22. The maximum absolute atomic E-state index is 11.6. The molecule has 2 heterocycles. The van der Waals surface area contributed by atoms with Crippen LogP contribution in [0.4, 0.5) is 0 Å². The van der Waals surface area contributed by atoms with Crippen LogP contribution in [0.1, 0.15) is 63.1 Å². The van der Waals surface area contributed by atoms with Crippen molar-refractivity contribution in [3.8, 4) is 17.1 Å². The maximum atomic E-state index is 11.6. The van der Waals surface area contributed by atoms with Gasteiger partial charge in [-0.2, -0.15) is 4.98 Å². The molecule has 0 radical (unpaired) electrons. The van der Waals surface area contributed by atoms with Gasteiger partial charge in [-0.3, -0.25) is 0 Å². The van der Waals surface area contributed by atoms with Crippen LogP contribution in [0.2, 0.25) is 0 Å². The van der Waals surface area contributed by atoms with Crippen molar-refractivity contribution in [3.63, 3.8) is 0 Å². The van der Waals surface area contributed by atoms with Gasteiger partial charge >= 0.3 is 0 Å². The molecule has 0 atom stereocenters. The van der Waals surface area contributed by atoms with Crippen molar-refractivity contribution in [1.29, 1.82) is 0 Å². The van der Waals surface area contributed by atoms with E-state index in [9.17, 15) is 8.42 Å². The standard InChI is InChI=1S/C23H28N4O4S/c1-15(2)22-26-23(31-27-22)18-6-4-16(5-7-18)14-30-21-13-24-20(12-25-21)17-8-10-19(11-9-17)32(3,28)29/h8-13,15-16,18H,4-7,14H2,1-3H3. The molecular formula is C23H28N4O4S. The number of nitrogens with zero attached hydrogens (tertiary/aromatic N) is 4. The topological polar surface area (TPSA) is 108 Å². The molecule has 0 bridgehead atoms. The number of hydrogen-bond acceptors (Lipinski definition) is 8. The Hall–Kier alpha value is -2.81. The van der Waals surface area contributed by atoms with Crippen molar-refractivity contribution in [2.24, 2.45) is 5.92 Å². The van der Waals surface area contributed by atoms with Gasteiger partial charge in [0.25, 0.3) is 0 Å². The molecule has 8 nitrogen and oxygen atoms in total. The average molecular weight is 457 g/mol. The highest BCUT2D eigenvalue weighted by molar-refractivity contribution is 7.90. The molecule has 0 N–H and O–H groups in total. The van der Waals surface area contributed by atoms with Gasteiger partial charge in [0.1, 0.15) is 0 Å². The van der Waals surface area contributed by atoms with Gasteiger partial charge in [0, 0.05) is 23.7 Å². The lowest BCUT2D eigenvalue weighted by Gasteiger charge is -2.26. The number of ether oxygens (including phenoxy) is 1. The van der Waals surface area contributed by atoms with Crippen molar-refractivity contribution in [3.05, 3.63) is 48.4 Å². The van der Waals surface area contributed by atoms with Gasteiger partial charge < -0.3 is 9.26 Å². The quantitative estimate of drug-likeness (QED) is 0.514. The summed E-state index contributed by atoms with van der Waals surface area (Å²) < 4.78 is 34.5. The number of sulfone groups is 1. The van der Waals surface area contributed by atoms with Crippen molar-refractivity contribution in [2.75, 3.05) is 12.9 Å². The zero-order valence-corrected chi connectivity index (χ0v) is 19.4. The summed E-state index contributed by atoms with van der Waals surface area (Å²) in [7, 11) is -3.22. The molecule has 1 aliphatic rings. The van der Waals surface area contributed by atoms with Crippen molar-refractivity contribution < 1.29 is 17.7 Å². The van der Waals surface area contributed by atoms with Crippen LogP contribution in [0.15, 0.2) is 46.1 Å². The highest BCUT2D eigenvalue weighted by atomic mass is 32.2. The van der Waals surface area contributed by atoms with Gasteiger partial charge in [-0.1, -0.05) is 31.1 Å². The zero-order valence-electron chi connectivity index (χ0n) is 18.6. The summed E-state index contributed by atoms with van der Waals surface area (Å²) in [6.45, 7) is 4.73. The van der Waals surface area contributed by atoms with Crippen molar-refractivity contribution >= 4 is 9.84 Å². The molecule has 0 saturated heterocycles. The molecule has 9 heteroatoms. The van der Waals surface area contributed by atoms with Crippen LogP contribution < -0.4 is 4.74 Å². The second-order valence-corrected chi connectivity index (χ2v) is 10.7. The monoisotopic (exact) mass is 456 g/mol. The summed E-state index contributed by atoms with van der Waals surface area (Å²) in [6, 6.07) is 6.61. The summed E-state index contributed by atoms with van der Waals surface area (Å²) >= 11 is 0. The van der Waals surface area contributed by atoms with Crippen molar-refractivity contribution in [1.82, 2.24) is 20.1 Å². The van der Waals surface area contributed by atoms with E-state index in [-0.39, 0.29) is 10.8 Å². The summed E-state index contributed by atoms with van der Waals surface area (Å²) in [5.41, 5.74) is 1.47. The van der Waals surface area contributed by atoms with E-state index in [2.05, 4.69) is 34.0 Å². The molecule has 0 aliphatic heterocycles. The lowest BCUT2D eigenvalue weighted by atomic mass is 9.82. The van der Waals surface area contributed by atoms with Gasteiger partial charge in [-0.05, 0) is 43.7 Å². The van der Waals surface area contributed by atoms with E-state index in [4.69, 9.17) is 9.26 Å². The maximum Gasteiger partial charge on any atom is 0.232 e. The van der Waals surface area contributed by atoms with Crippen LogP contribution in [0.3, 0.4) is 0 Å². The lowest BCUT2D eigenvalue weighted by Crippen LogP contribution is -2.19. The Kier molecular flexibility index (Phi) is 6.55. The Labute approximate surface area is 188 Å². The first-order valence-electron chi connectivity index (χ1n) is 10.9. The van der Waals surface area contributed by atoms with Gasteiger partial charge in [0.05, 0.1) is 29.6 Å². The Morgan fingerprint density at radius 1 is 1.06 bits per heavy atom.